The molecule has 0 aliphatic heterocycles. The zero-order valence-corrected chi connectivity index (χ0v) is 13.0. The van der Waals surface area contributed by atoms with Crippen LogP contribution in [0.15, 0.2) is 58.8 Å². The van der Waals surface area contributed by atoms with E-state index >= 15 is 0 Å². The van der Waals surface area contributed by atoms with Gasteiger partial charge in [-0.15, -0.1) is 0 Å². The van der Waals surface area contributed by atoms with E-state index in [0.717, 1.165) is 29.4 Å². The van der Waals surface area contributed by atoms with Gasteiger partial charge < -0.3 is 14.8 Å². The van der Waals surface area contributed by atoms with Crippen molar-refractivity contribution in [2.45, 2.75) is 6.92 Å². The molecule has 0 aromatic heterocycles. The SMILES string of the molecule is CCOc1ccc(N=Nc2ccc(OCCNC)cc2)cc1. The normalized spacial score (nSPS) is 10.8. The number of nitrogens with zero attached hydrogens (tertiary/aromatic N) is 2. The van der Waals surface area contributed by atoms with Crippen molar-refractivity contribution in [2.75, 3.05) is 26.8 Å². The molecule has 0 saturated carbocycles. The van der Waals surface area contributed by atoms with E-state index in [0.29, 0.717) is 13.2 Å². The Bertz CT molecular complexity index is 580. The Morgan fingerprint density at radius 3 is 1.77 bits per heavy atom. The van der Waals surface area contributed by atoms with E-state index in [-0.39, 0.29) is 0 Å². The molecule has 1 N–H and O–H groups in total. The van der Waals surface area contributed by atoms with E-state index in [1.54, 1.807) is 0 Å². The maximum atomic E-state index is 5.55. The fourth-order valence-electron chi connectivity index (χ4n) is 1.77. The lowest BCUT2D eigenvalue weighted by Crippen LogP contribution is -2.15. The number of likely N-dealkylation sites (N-methyl/N-ethyl adjacent to an activating group) is 1. The Labute approximate surface area is 131 Å². The van der Waals surface area contributed by atoms with Gasteiger partial charge in [0.05, 0.1) is 18.0 Å². The molecule has 116 valence electrons. The molecule has 0 bridgehead atoms. The van der Waals surface area contributed by atoms with Gasteiger partial charge in [-0.1, -0.05) is 0 Å². The average Bonchev–Trinajstić information content (AvgIpc) is 2.56. The highest BCUT2D eigenvalue weighted by Crippen LogP contribution is 2.23. The summed E-state index contributed by atoms with van der Waals surface area (Å²) >= 11 is 0. The van der Waals surface area contributed by atoms with Crippen LogP contribution in [0.25, 0.3) is 0 Å². The molecule has 2 aromatic rings. The minimum absolute atomic E-state index is 0.642. The van der Waals surface area contributed by atoms with Crippen molar-refractivity contribution in [2.24, 2.45) is 10.2 Å². The zero-order valence-electron chi connectivity index (χ0n) is 13.0. The molecule has 0 heterocycles. The second-order valence-corrected chi connectivity index (χ2v) is 4.57. The lowest BCUT2D eigenvalue weighted by atomic mass is 10.3. The highest BCUT2D eigenvalue weighted by Gasteiger charge is 1.96. The molecule has 0 unspecified atom stereocenters. The van der Waals surface area contributed by atoms with Crippen molar-refractivity contribution in [1.29, 1.82) is 0 Å². The summed E-state index contributed by atoms with van der Waals surface area (Å²) in [4.78, 5) is 0. The minimum Gasteiger partial charge on any atom is -0.494 e. The number of ether oxygens (including phenoxy) is 2. The van der Waals surface area contributed by atoms with Gasteiger partial charge in [0.15, 0.2) is 0 Å². The van der Waals surface area contributed by atoms with Gasteiger partial charge in [0, 0.05) is 6.54 Å². The van der Waals surface area contributed by atoms with Crippen LogP contribution in [0.4, 0.5) is 11.4 Å². The van der Waals surface area contributed by atoms with E-state index in [9.17, 15) is 0 Å². The van der Waals surface area contributed by atoms with Crippen LogP contribution in [0.1, 0.15) is 6.92 Å². The van der Waals surface area contributed by atoms with Crippen molar-refractivity contribution >= 4 is 11.4 Å². The van der Waals surface area contributed by atoms with E-state index in [4.69, 9.17) is 9.47 Å². The average molecular weight is 299 g/mol. The summed E-state index contributed by atoms with van der Waals surface area (Å²) in [6, 6.07) is 15.1. The van der Waals surface area contributed by atoms with Crippen molar-refractivity contribution in [1.82, 2.24) is 5.32 Å². The van der Waals surface area contributed by atoms with E-state index < -0.39 is 0 Å². The van der Waals surface area contributed by atoms with Gasteiger partial charge in [-0.05, 0) is 62.5 Å². The summed E-state index contributed by atoms with van der Waals surface area (Å²) in [5, 5.41) is 11.4. The predicted octanol–water partition coefficient (Wildman–Crippen LogP) is 4.10. The van der Waals surface area contributed by atoms with Gasteiger partial charge in [0.2, 0.25) is 0 Å². The Balaban J connectivity index is 1.92. The molecular weight excluding hydrogens is 278 g/mol. The molecule has 0 aliphatic carbocycles. The topological polar surface area (TPSA) is 55.2 Å². The quantitative estimate of drug-likeness (QED) is 0.590. The molecule has 0 saturated heterocycles. The molecule has 0 atom stereocenters. The summed E-state index contributed by atoms with van der Waals surface area (Å²) in [7, 11) is 1.90. The third kappa shape index (κ3) is 5.18. The first kappa shape index (κ1) is 16.0. The Kier molecular flexibility index (Phi) is 6.39. The smallest absolute Gasteiger partial charge is 0.119 e. The molecule has 22 heavy (non-hydrogen) atoms. The second-order valence-electron chi connectivity index (χ2n) is 4.57. The lowest BCUT2D eigenvalue weighted by molar-refractivity contribution is 0.318. The van der Waals surface area contributed by atoms with Crippen LogP contribution in [0.3, 0.4) is 0 Å². The third-order valence-corrected chi connectivity index (χ3v) is 2.89. The number of azo groups is 1. The van der Waals surface area contributed by atoms with Crippen LogP contribution in [0.5, 0.6) is 11.5 Å². The summed E-state index contributed by atoms with van der Waals surface area (Å²) in [6.45, 7) is 4.08. The highest BCUT2D eigenvalue weighted by molar-refractivity contribution is 5.44. The second kappa shape index (κ2) is 8.79. The highest BCUT2D eigenvalue weighted by atomic mass is 16.5. The summed E-state index contributed by atoms with van der Waals surface area (Å²) < 4.78 is 10.9. The van der Waals surface area contributed by atoms with Crippen LogP contribution < -0.4 is 14.8 Å². The van der Waals surface area contributed by atoms with Crippen LogP contribution in [0, 0.1) is 0 Å². The first-order valence-electron chi connectivity index (χ1n) is 7.34. The fraction of sp³-hybridized carbons (Fsp3) is 0.294. The van der Waals surface area contributed by atoms with Crippen molar-refractivity contribution in [3.05, 3.63) is 48.5 Å². The summed E-state index contributed by atoms with van der Waals surface area (Å²) in [5.74, 6) is 1.67. The number of hydrogen-bond acceptors (Lipinski definition) is 5. The Hall–Kier alpha value is -2.40. The molecule has 0 fully saturated rings. The van der Waals surface area contributed by atoms with Crippen molar-refractivity contribution in [3.63, 3.8) is 0 Å². The van der Waals surface area contributed by atoms with Crippen molar-refractivity contribution in [3.8, 4) is 11.5 Å². The molecule has 5 nitrogen and oxygen atoms in total. The summed E-state index contributed by atoms with van der Waals surface area (Å²) in [5.41, 5.74) is 1.58. The molecule has 0 amide bonds. The minimum atomic E-state index is 0.642. The lowest BCUT2D eigenvalue weighted by Gasteiger charge is -2.05. The molecule has 0 spiro atoms. The van der Waals surface area contributed by atoms with E-state index in [2.05, 4.69) is 15.5 Å². The number of nitrogens with one attached hydrogen (secondary N) is 1. The molecule has 0 radical (unpaired) electrons. The van der Waals surface area contributed by atoms with Crippen LogP contribution in [0.2, 0.25) is 0 Å². The summed E-state index contributed by atoms with van der Waals surface area (Å²) in [6.07, 6.45) is 0. The van der Waals surface area contributed by atoms with Gasteiger partial charge >= 0.3 is 0 Å². The maximum Gasteiger partial charge on any atom is 0.119 e. The molecule has 2 rings (SSSR count). The Morgan fingerprint density at radius 1 is 0.818 bits per heavy atom. The van der Waals surface area contributed by atoms with Gasteiger partial charge in [0.25, 0.3) is 0 Å². The zero-order chi connectivity index (χ0) is 15.6. The largest absolute Gasteiger partial charge is 0.494 e. The molecule has 0 aliphatic rings. The third-order valence-electron chi connectivity index (χ3n) is 2.89. The van der Waals surface area contributed by atoms with Crippen LogP contribution in [-0.2, 0) is 0 Å². The van der Waals surface area contributed by atoms with Gasteiger partial charge in [-0.3, -0.25) is 0 Å². The van der Waals surface area contributed by atoms with Gasteiger partial charge in [-0.2, -0.15) is 10.2 Å². The number of hydrogen-bond donors (Lipinski definition) is 1. The van der Waals surface area contributed by atoms with Crippen molar-refractivity contribution < 1.29 is 9.47 Å². The standard InChI is InChI=1S/C17H21N3O2/c1-3-21-16-8-4-14(5-9-16)19-20-15-6-10-17(11-7-15)22-13-12-18-2/h4-11,18H,3,12-13H2,1-2H3. The molecular formula is C17H21N3O2. The van der Waals surface area contributed by atoms with Crippen LogP contribution >= 0.6 is 0 Å². The maximum absolute atomic E-state index is 5.55. The number of benzene rings is 2. The van der Waals surface area contributed by atoms with Crippen LogP contribution in [-0.4, -0.2) is 26.8 Å². The van der Waals surface area contributed by atoms with Gasteiger partial charge in [-0.25, -0.2) is 0 Å². The van der Waals surface area contributed by atoms with Gasteiger partial charge in [0.1, 0.15) is 18.1 Å². The fourth-order valence-corrected chi connectivity index (χ4v) is 1.77. The van der Waals surface area contributed by atoms with E-state index in [1.165, 1.54) is 0 Å². The van der Waals surface area contributed by atoms with E-state index in [1.807, 2.05) is 62.5 Å². The first-order valence-corrected chi connectivity index (χ1v) is 7.34. The first-order chi connectivity index (χ1) is 10.8. The molecule has 2 aromatic carbocycles. The number of rotatable bonds is 8. The monoisotopic (exact) mass is 299 g/mol. The Morgan fingerprint density at radius 2 is 1.32 bits per heavy atom. The molecule has 5 heteroatoms. The predicted molar refractivity (Wildman–Crippen MR) is 87.7 cm³/mol.